The van der Waals surface area contributed by atoms with E-state index in [2.05, 4.69) is 29.3 Å². The van der Waals surface area contributed by atoms with Gasteiger partial charge in [0, 0.05) is 18.4 Å². The van der Waals surface area contributed by atoms with Crippen molar-refractivity contribution in [3.05, 3.63) is 11.7 Å². The highest BCUT2D eigenvalue weighted by atomic mass is 16.5. The molecule has 1 aliphatic rings. The molecule has 1 N–H and O–H groups in total. The zero-order chi connectivity index (χ0) is 12.8. The summed E-state index contributed by atoms with van der Waals surface area (Å²) < 4.78 is 5.40. The first kappa shape index (κ1) is 13.5. The molecule has 18 heavy (non-hydrogen) atoms. The van der Waals surface area contributed by atoms with Crippen LogP contribution in [0, 0.1) is 0 Å². The molecule has 1 heterocycles. The van der Waals surface area contributed by atoms with Crippen molar-refractivity contribution in [2.75, 3.05) is 6.54 Å². The average molecular weight is 251 g/mol. The Morgan fingerprint density at radius 1 is 1.33 bits per heavy atom. The van der Waals surface area contributed by atoms with Gasteiger partial charge in [-0.3, -0.25) is 0 Å². The van der Waals surface area contributed by atoms with Gasteiger partial charge in [-0.05, 0) is 25.8 Å². The number of nitrogens with zero attached hydrogens (tertiary/aromatic N) is 2. The van der Waals surface area contributed by atoms with Crippen LogP contribution in [-0.2, 0) is 6.42 Å². The Morgan fingerprint density at radius 3 is 2.78 bits per heavy atom. The summed E-state index contributed by atoms with van der Waals surface area (Å²) >= 11 is 0. The molecule has 0 spiro atoms. The summed E-state index contributed by atoms with van der Waals surface area (Å²) in [6.07, 6.45) is 8.28. The van der Waals surface area contributed by atoms with Crippen LogP contribution < -0.4 is 5.32 Å². The van der Waals surface area contributed by atoms with E-state index in [1.54, 1.807) is 0 Å². The van der Waals surface area contributed by atoms with Crippen LogP contribution in [0.3, 0.4) is 0 Å². The van der Waals surface area contributed by atoms with E-state index in [1.807, 2.05) is 0 Å². The molecule has 0 bridgehead atoms. The fraction of sp³-hybridized carbons (Fsp3) is 0.857. The second-order valence-electron chi connectivity index (χ2n) is 5.28. The van der Waals surface area contributed by atoms with Gasteiger partial charge >= 0.3 is 0 Å². The summed E-state index contributed by atoms with van der Waals surface area (Å²) in [4.78, 5) is 4.58. The largest absolute Gasteiger partial charge is 0.339 e. The van der Waals surface area contributed by atoms with Crippen LogP contribution in [0.1, 0.15) is 70.0 Å². The van der Waals surface area contributed by atoms with E-state index < -0.39 is 0 Å². The van der Waals surface area contributed by atoms with E-state index in [1.165, 1.54) is 32.1 Å². The molecule has 1 aromatic heterocycles. The average Bonchev–Trinajstić information content (AvgIpc) is 2.98. The van der Waals surface area contributed by atoms with Crippen LogP contribution in [0.2, 0.25) is 0 Å². The van der Waals surface area contributed by atoms with E-state index in [0.29, 0.717) is 12.0 Å². The van der Waals surface area contributed by atoms with Crippen LogP contribution in [0.15, 0.2) is 4.52 Å². The van der Waals surface area contributed by atoms with E-state index >= 15 is 0 Å². The summed E-state index contributed by atoms with van der Waals surface area (Å²) in [7, 11) is 0. The number of hydrogen-bond donors (Lipinski definition) is 1. The van der Waals surface area contributed by atoms with Crippen molar-refractivity contribution in [3.8, 4) is 0 Å². The number of hydrogen-bond acceptors (Lipinski definition) is 4. The number of likely N-dealkylation sites (N-methyl/N-ethyl adjacent to an activating group) is 1. The standard InChI is InChI=1S/C14H25N3O/c1-3-7-12(15-4-2)10-13-16-14(17-18-13)11-8-5-6-9-11/h11-12,15H,3-10H2,1-2H3. The van der Waals surface area contributed by atoms with Crippen LogP contribution in [0.5, 0.6) is 0 Å². The monoisotopic (exact) mass is 251 g/mol. The predicted octanol–water partition coefficient (Wildman–Crippen LogP) is 3.05. The molecule has 1 unspecified atom stereocenters. The Kier molecular flexibility index (Phi) is 5.17. The SMILES string of the molecule is CCCC(Cc1nc(C2CCCC2)no1)NCC. The molecule has 1 saturated carbocycles. The molecule has 0 aliphatic heterocycles. The predicted molar refractivity (Wildman–Crippen MR) is 71.6 cm³/mol. The lowest BCUT2D eigenvalue weighted by Gasteiger charge is -2.14. The first-order chi connectivity index (χ1) is 8.83. The van der Waals surface area contributed by atoms with Gasteiger partial charge in [0.05, 0.1) is 0 Å². The summed E-state index contributed by atoms with van der Waals surface area (Å²) in [6, 6.07) is 0.469. The highest BCUT2D eigenvalue weighted by Crippen LogP contribution is 2.32. The smallest absolute Gasteiger partial charge is 0.228 e. The summed E-state index contributed by atoms with van der Waals surface area (Å²) in [5.41, 5.74) is 0. The van der Waals surface area contributed by atoms with Crippen LogP contribution in [0.4, 0.5) is 0 Å². The molecule has 1 aromatic rings. The third-order valence-electron chi connectivity index (χ3n) is 3.76. The fourth-order valence-corrected chi connectivity index (χ4v) is 2.83. The molecule has 0 amide bonds. The van der Waals surface area contributed by atoms with Crippen molar-refractivity contribution in [2.45, 2.75) is 70.8 Å². The van der Waals surface area contributed by atoms with Gasteiger partial charge in [0.1, 0.15) is 0 Å². The number of rotatable bonds is 7. The molecule has 4 heteroatoms. The summed E-state index contributed by atoms with van der Waals surface area (Å²) in [6.45, 7) is 5.34. The lowest BCUT2D eigenvalue weighted by molar-refractivity contribution is 0.346. The van der Waals surface area contributed by atoms with Crippen molar-refractivity contribution >= 4 is 0 Å². The maximum Gasteiger partial charge on any atom is 0.228 e. The molecule has 0 radical (unpaired) electrons. The van der Waals surface area contributed by atoms with Gasteiger partial charge in [-0.15, -0.1) is 0 Å². The highest BCUT2D eigenvalue weighted by molar-refractivity contribution is 4.98. The molecule has 1 aliphatic carbocycles. The van der Waals surface area contributed by atoms with Gasteiger partial charge in [-0.2, -0.15) is 4.98 Å². The molecular weight excluding hydrogens is 226 g/mol. The molecular formula is C14H25N3O. The quantitative estimate of drug-likeness (QED) is 0.809. The molecule has 0 aromatic carbocycles. The minimum absolute atomic E-state index is 0.469. The van der Waals surface area contributed by atoms with Gasteiger partial charge in [-0.25, -0.2) is 0 Å². The number of nitrogens with one attached hydrogen (secondary N) is 1. The summed E-state index contributed by atoms with van der Waals surface area (Å²) in [5, 5.41) is 7.64. The van der Waals surface area contributed by atoms with Gasteiger partial charge in [0.15, 0.2) is 5.82 Å². The zero-order valence-corrected chi connectivity index (χ0v) is 11.6. The molecule has 2 rings (SSSR count). The second-order valence-corrected chi connectivity index (χ2v) is 5.28. The highest BCUT2D eigenvalue weighted by Gasteiger charge is 2.23. The lowest BCUT2D eigenvalue weighted by atomic mass is 10.1. The number of aromatic nitrogens is 2. The maximum absolute atomic E-state index is 5.40. The van der Waals surface area contributed by atoms with E-state index in [0.717, 1.165) is 31.1 Å². The molecule has 102 valence electrons. The van der Waals surface area contributed by atoms with Crippen LogP contribution in [0.25, 0.3) is 0 Å². The molecule has 1 fully saturated rings. The van der Waals surface area contributed by atoms with Gasteiger partial charge in [-0.1, -0.05) is 38.3 Å². The van der Waals surface area contributed by atoms with Crippen molar-refractivity contribution in [3.63, 3.8) is 0 Å². The molecule has 4 nitrogen and oxygen atoms in total. The topological polar surface area (TPSA) is 51.0 Å². The Labute approximate surface area is 110 Å². The van der Waals surface area contributed by atoms with E-state index in [9.17, 15) is 0 Å². The second kappa shape index (κ2) is 6.88. The van der Waals surface area contributed by atoms with E-state index in [4.69, 9.17) is 4.52 Å². The fourth-order valence-electron chi connectivity index (χ4n) is 2.83. The minimum Gasteiger partial charge on any atom is -0.339 e. The normalized spacial score (nSPS) is 18.3. The Hall–Kier alpha value is -0.900. The maximum atomic E-state index is 5.40. The first-order valence-corrected chi connectivity index (χ1v) is 7.39. The Balaban J connectivity index is 1.91. The Bertz CT molecular complexity index is 339. The van der Waals surface area contributed by atoms with Crippen molar-refractivity contribution < 1.29 is 4.52 Å². The van der Waals surface area contributed by atoms with Gasteiger partial charge in [0.25, 0.3) is 0 Å². The van der Waals surface area contributed by atoms with Gasteiger partial charge < -0.3 is 9.84 Å². The van der Waals surface area contributed by atoms with Crippen LogP contribution >= 0.6 is 0 Å². The molecule has 1 atom stereocenters. The third kappa shape index (κ3) is 3.55. The Morgan fingerprint density at radius 2 is 2.11 bits per heavy atom. The van der Waals surface area contributed by atoms with Crippen molar-refractivity contribution in [1.82, 2.24) is 15.5 Å². The third-order valence-corrected chi connectivity index (χ3v) is 3.76. The lowest BCUT2D eigenvalue weighted by Crippen LogP contribution is -2.30. The zero-order valence-electron chi connectivity index (χ0n) is 11.6. The van der Waals surface area contributed by atoms with Crippen molar-refractivity contribution in [2.24, 2.45) is 0 Å². The minimum atomic E-state index is 0.469. The summed E-state index contributed by atoms with van der Waals surface area (Å²) in [5.74, 6) is 2.29. The molecule has 0 saturated heterocycles. The van der Waals surface area contributed by atoms with Crippen LogP contribution in [-0.4, -0.2) is 22.7 Å². The van der Waals surface area contributed by atoms with Crippen molar-refractivity contribution in [1.29, 1.82) is 0 Å². The van der Waals surface area contributed by atoms with E-state index in [-0.39, 0.29) is 0 Å². The van der Waals surface area contributed by atoms with Gasteiger partial charge in [0.2, 0.25) is 5.89 Å². The first-order valence-electron chi connectivity index (χ1n) is 7.39.